The zero-order valence-electron chi connectivity index (χ0n) is 17.3. The second-order valence-electron chi connectivity index (χ2n) is 8.19. The van der Waals surface area contributed by atoms with Gasteiger partial charge < -0.3 is 5.32 Å². The second-order valence-corrected chi connectivity index (χ2v) is 9.17. The smallest absolute Gasteiger partial charge is 0.233 e. The molecule has 2 aromatic rings. The van der Waals surface area contributed by atoms with Crippen LogP contribution in [0.15, 0.2) is 41.8 Å². The zero-order chi connectivity index (χ0) is 21.1. The third kappa shape index (κ3) is 4.19. The first-order valence-electron chi connectivity index (χ1n) is 10.8. The molecule has 5 nitrogen and oxygen atoms in total. The van der Waals surface area contributed by atoms with Crippen molar-refractivity contribution in [1.29, 1.82) is 0 Å². The third-order valence-electron chi connectivity index (χ3n) is 6.35. The van der Waals surface area contributed by atoms with E-state index in [1.165, 1.54) is 10.5 Å². The van der Waals surface area contributed by atoms with E-state index in [9.17, 15) is 14.4 Å². The van der Waals surface area contributed by atoms with Gasteiger partial charge >= 0.3 is 0 Å². The van der Waals surface area contributed by atoms with Gasteiger partial charge in [-0.1, -0.05) is 50.1 Å². The summed E-state index contributed by atoms with van der Waals surface area (Å²) < 4.78 is 0. The van der Waals surface area contributed by atoms with Gasteiger partial charge in [0, 0.05) is 17.8 Å². The summed E-state index contributed by atoms with van der Waals surface area (Å²) in [5, 5.41) is 5.11. The highest BCUT2D eigenvalue weighted by Crippen LogP contribution is 2.38. The molecular weight excluding hydrogens is 396 g/mol. The average molecular weight is 425 g/mol. The molecule has 1 saturated carbocycles. The first-order chi connectivity index (χ1) is 14.6. The molecule has 1 aliphatic carbocycles. The van der Waals surface area contributed by atoms with Crippen molar-refractivity contribution in [2.45, 2.75) is 51.5 Å². The van der Waals surface area contributed by atoms with Crippen LogP contribution < -0.4 is 5.32 Å². The number of nitrogens with zero attached hydrogens (tertiary/aromatic N) is 1. The maximum absolute atomic E-state index is 12.8. The van der Waals surface area contributed by atoms with E-state index < -0.39 is 0 Å². The van der Waals surface area contributed by atoms with Gasteiger partial charge in [-0.05, 0) is 41.8 Å². The number of hydrogen-bond acceptors (Lipinski definition) is 4. The number of carbonyl (C=O) groups is 3. The monoisotopic (exact) mass is 424 g/mol. The quantitative estimate of drug-likeness (QED) is 0.681. The number of thiophene rings is 1. The van der Waals surface area contributed by atoms with Crippen LogP contribution in [-0.4, -0.2) is 29.2 Å². The van der Waals surface area contributed by atoms with Gasteiger partial charge in [0.25, 0.3) is 0 Å². The van der Waals surface area contributed by atoms with Crippen molar-refractivity contribution >= 4 is 29.1 Å². The highest BCUT2D eigenvalue weighted by atomic mass is 32.1. The van der Waals surface area contributed by atoms with Gasteiger partial charge in [-0.3, -0.25) is 19.3 Å². The van der Waals surface area contributed by atoms with Crippen LogP contribution in [0, 0.1) is 11.8 Å². The maximum Gasteiger partial charge on any atom is 0.233 e. The topological polar surface area (TPSA) is 66.5 Å². The number of amides is 3. The number of fused-ring (bicyclic) bond motifs is 1. The van der Waals surface area contributed by atoms with Gasteiger partial charge in [0.05, 0.1) is 17.9 Å². The predicted molar refractivity (Wildman–Crippen MR) is 117 cm³/mol. The van der Waals surface area contributed by atoms with E-state index in [1.54, 1.807) is 11.3 Å². The highest BCUT2D eigenvalue weighted by molar-refractivity contribution is 7.10. The minimum absolute atomic E-state index is 0.0811. The Balaban J connectivity index is 1.42. The van der Waals surface area contributed by atoms with Gasteiger partial charge in [-0.25, -0.2) is 0 Å². The Morgan fingerprint density at radius 3 is 2.33 bits per heavy atom. The summed E-state index contributed by atoms with van der Waals surface area (Å²) in [6.45, 7) is 2.28. The van der Waals surface area contributed by atoms with E-state index >= 15 is 0 Å². The molecule has 1 N–H and O–H groups in total. The van der Waals surface area contributed by atoms with Gasteiger partial charge in [0.15, 0.2) is 0 Å². The maximum atomic E-state index is 12.8. The molecule has 1 aliphatic heterocycles. The van der Waals surface area contributed by atoms with Crippen LogP contribution in [0.4, 0.5) is 0 Å². The lowest BCUT2D eigenvalue weighted by Gasteiger charge is -2.20. The van der Waals surface area contributed by atoms with Gasteiger partial charge in [0.1, 0.15) is 0 Å². The van der Waals surface area contributed by atoms with Crippen LogP contribution in [0.2, 0.25) is 0 Å². The fourth-order valence-corrected chi connectivity index (χ4v) is 5.42. The zero-order valence-corrected chi connectivity index (χ0v) is 18.1. The summed E-state index contributed by atoms with van der Waals surface area (Å²) in [6, 6.07) is 12.1. The third-order valence-corrected chi connectivity index (χ3v) is 7.29. The number of hydrogen-bond donors (Lipinski definition) is 1. The summed E-state index contributed by atoms with van der Waals surface area (Å²) in [6.07, 6.45) is 4.71. The van der Waals surface area contributed by atoms with E-state index in [4.69, 9.17) is 0 Å². The first kappa shape index (κ1) is 20.8. The molecule has 1 aromatic carbocycles. The Morgan fingerprint density at radius 1 is 1.10 bits per heavy atom. The fourth-order valence-electron chi connectivity index (χ4n) is 4.62. The largest absolute Gasteiger partial charge is 0.344 e. The lowest BCUT2D eigenvalue weighted by Crippen LogP contribution is -2.36. The van der Waals surface area contributed by atoms with Gasteiger partial charge in [-0.2, -0.15) is 0 Å². The van der Waals surface area contributed by atoms with Gasteiger partial charge in [0.2, 0.25) is 17.7 Å². The Hall–Kier alpha value is -2.47. The summed E-state index contributed by atoms with van der Waals surface area (Å²) in [7, 11) is 0. The standard InChI is InChI=1S/C24H28N2O3S/c1-2-16-9-11-17(12-10-16)22(20-8-5-15-30-20)25-21(27)13-14-26-23(28)18-6-3-4-7-19(18)24(26)29/h5,8-12,15,18-19,22H,2-4,6-7,13-14H2,1H3,(H,25,27)/t18-,19+,22-/m0/s1. The van der Waals surface area contributed by atoms with Crippen LogP contribution in [0.3, 0.4) is 0 Å². The van der Waals surface area contributed by atoms with Crippen molar-refractivity contribution < 1.29 is 14.4 Å². The van der Waals surface area contributed by atoms with Crippen LogP contribution in [0.5, 0.6) is 0 Å². The predicted octanol–water partition coefficient (Wildman–Crippen LogP) is 4.08. The van der Waals surface area contributed by atoms with E-state index in [0.717, 1.165) is 42.5 Å². The van der Waals surface area contributed by atoms with Crippen molar-refractivity contribution in [3.8, 4) is 0 Å². The van der Waals surface area contributed by atoms with Crippen molar-refractivity contribution in [3.63, 3.8) is 0 Å². The van der Waals surface area contributed by atoms with Crippen molar-refractivity contribution in [1.82, 2.24) is 10.2 Å². The normalized spacial score (nSPS) is 22.1. The second kappa shape index (κ2) is 9.13. The van der Waals surface area contributed by atoms with Crippen molar-refractivity contribution in [2.75, 3.05) is 6.54 Å². The molecule has 3 atom stereocenters. The number of imide groups is 1. The lowest BCUT2D eigenvalue weighted by molar-refractivity contribution is -0.140. The number of likely N-dealkylation sites (tertiary alicyclic amines) is 1. The Kier molecular flexibility index (Phi) is 6.32. The molecule has 0 spiro atoms. The number of rotatable bonds is 7. The molecule has 3 amide bonds. The molecular formula is C24H28N2O3S. The van der Waals surface area contributed by atoms with E-state index in [2.05, 4.69) is 36.5 Å². The summed E-state index contributed by atoms with van der Waals surface area (Å²) in [4.78, 5) is 40.4. The lowest BCUT2D eigenvalue weighted by atomic mass is 9.81. The molecule has 158 valence electrons. The Bertz CT molecular complexity index is 883. The van der Waals surface area contributed by atoms with Crippen LogP contribution in [0.1, 0.15) is 61.1 Å². The number of nitrogens with one attached hydrogen (secondary N) is 1. The van der Waals surface area contributed by atoms with E-state index in [1.807, 2.05) is 17.5 Å². The fraction of sp³-hybridized carbons (Fsp3) is 0.458. The van der Waals surface area contributed by atoms with E-state index in [-0.39, 0.29) is 48.6 Å². The number of benzene rings is 1. The van der Waals surface area contributed by atoms with Crippen LogP contribution in [0.25, 0.3) is 0 Å². The highest BCUT2D eigenvalue weighted by Gasteiger charge is 2.47. The Labute approximate surface area is 181 Å². The molecule has 2 fully saturated rings. The summed E-state index contributed by atoms with van der Waals surface area (Å²) in [5.74, 6) is -0.635. The van der Waals surface area contributed by atoms with Crippen LogP contribution in [-0.2, 0) is 20.8 Å². The molecule has 0 unspecified atom stereocenters. The molecule has 30 heavy (non-hydrogen) atoms. The Morgan fingerprint density at radius 2 is 1.77 bits per heavy atom. The molecule has 4 rings (SSSR count). The SMILES string of the molecule is CCc1ccc([C@H](NC(=O)CCN2C(=O)[C@H]3CCCC[C@H]3C2=O)c2cccs2)cc1. The molecule has 1 aromatic heterocycles. The molecule has 1 saturated heterocycles. The first-order valence-corrected chi connectivity index (χ1v) is 11.7. The van der Waals surface area contributed by atoms with E-state index in [0.29, 0.717) is 0 Å². The molecule has 6 heteroatoms. The minimum Gasteiger partial charge on any atom is -0.344 e. The molecule has 0 bridgehead atoms. The number of carbonyl (C=O) groups excluding carboxylic acids is 3. The van der Waals surface area contributed by atoms with Crippen LogP contribution >= 0.6 is 11.3 Å². The number of aryl methyl sites for hydroxylation is 1. The summed E-state index contributed by atoms with van der Waals surface area (Å²) in [5.41, 5.74) is 2.28. The van der Waals surface area contributed by atoms with Crippen molar-refractivity contribution in [2.24, 2.45) is 11.8 Å². The average Bonchev–Trinajstić information content (AvgIpc) is 3.39. The molecule has 2 heterocycles. The molecule has 2 aliphatic rings. The van der Waals surface area contributed by atoms with Gasteiger partial charge in [-0.15, -0.1) is 11.3 Å². The minimum atomic E-state index is -0.226. The van der Waals surface area contributed by atoms with Crippen molar-refractivity contribution in [3.05, 3.63) is 57.8 Å². The molecule has 0 radical (unpaired) electrons. The summed E-state index contributed by atoms with van der Waals surface area (Å²) >= 11 is 1.60.